The fourth-order valence-electron chi connectivity index (χ4n) is 5.16. The van der Waals surface area contributed by atoms with Crippen LogP contribution in [0.15, 0.2) is 41.3 Å². The molecule has 3 heterocycles. The summed E-state index contributed by atoms with van der Waals surface area (Å²) in [4.78, 5) is 33.7. The van der Waals surface area contributed by atoms with Crippen LogP contribution in [0.2, 0.25) is 0 Å². The molecule has 0 spiro atoms. The number of piperidine rings is 1. The lowest BCUT2D eigenvalue weighted by molar-refractivity contribution is 0.0692. The Hall–Kier alpha value is -2.87. The number of fused-ring (bicyclic) bond motifs is 1. The number of nitrogens with zero attached hydrogens (tertiary/aromatic N) is 2. The predicted molar refractivity (Wildman–Crippen MR) is 159 cm³/mol. The van der Waals surface area contributed by atoms with Gasteiger partial charge in [-0.3, -0.25) is 9.59 Å². The van der Waals surface area contributed by atoms with Crippen LogP contribution in [-0.4, -0.2) is 74.7 Å². The second-order valence-electron chi connectivity index (χ2n) is 11.9. The lowest BCUT2D eigenvalue weighted by Crippen LogP contribution is -2.52. The van der Waals surface area contributed by atoms with Crippen LogP contribution in [0.25, 0.3) is 21.2 Å². The standard InChI is InChI=1S/C28H34N4O6S3/c1-17-11-13-32(14-12-17)27(34)23-24(39-26(30-23)25(33)29-18-15-40(35,36)16-18)21-9-10-22(20-8-6-5-7-19(20)21)41(37,38)31-28(2,3)4/h5-10,17-18,31H,11-16H2,1-4H3,(H,29,33). The number of carbonyl (C=O) groups is 2. The zero-order valence-electron chi connectivity index (χ0n) is 23.4. The summed E-state index contributed by atoms with van der Waals surface area (Å²) in [5.74, 6) is -0.575. The van der Waals surface area contributed by atoms with Gasteiger partial charge in [0.2, 0.25) is 10.0 Å². The zero-order valence-corrected chi connectivity index (χ0v) is 25.9. The van der Waals surface area contributed by atoms with E-state index in [2.05, 4.69) is 21.9 Å². The molecule has 41 heavy (non-hydrogen) atoms. The Kier molecular flexibility index (Phi) is 7.77. The monoisotopic (exact) mass is 618 g/mol. The molecule has 0 bridgehead atoms. The fourth-order valence-corrected chi connectivity index (χ4v) is 9.09. The highest BCUT2D eigenvalue weighted by Crippen LogP contribution is 2.39. The molecule has 10 nitrogen and oxygen atoms in total. The Bertz CT molecular complexity index is 1720. The highest BCUT2D eigenvalue weighted by Gasteiger charge is 2.36. The third kappa shape index (κ3) is 6.32. The maximum atomic E-state index is 13.8. The second-order valence-corrected chi connectivity index (χ2v) is 16.7. The molecular formula is C28H34N4O6S3. The Morgan fingerprint density at radius 3 is 2.27 bits per heavy atom. The lowest BCUT2D eigenvalue weighted by atomic mass is 9.98. The summed E-state index contributed by atoms with van der Waals surface area (Å²) < 4.78 is 52.5. The van der Waals surface area contributed by atoms with Gasteiger partial charge in [0.05, 0.1) is 27.3 Å². The molecule has 220 valence electrons. The van der Waals surface area contributed by atoms with E-state index < -0.39 is 37.3 Å². The number of thiazole rings is 1. The van der Waals surface area contributed by atoms with Crippen molar-refractivity contribution in [3.05, 3.63) is 47.1 Å². The van der Waals surface area contributed by atoms with Crippen molar-refractivity contribution in [3.63, 3.8) is 0 Å². The maximum Gasteiger partial charge on any atom is 0.280 e. The third-order valence-electron chi connectivity index (χ3n) is 7.20. The number of aromatic nitrogens is 1. The minimum Gasteiger partial charge on any atom is -0.345 e. The first-order chi connectivity index (χ1) is 19.1. The Morgan fingerprint density at radius 2 is 1.66 bits per heavy atom. The highest BCUT2D eigenvalue weighted by molar-refractivity contribution is 7.92. The molecule has 3 aromatic rings. The lowest BCUT2D eigenvalue weighted by Gasteiger charge is -2.30. The Morgan fingerprint density at radius 1 is 1.02 bits per heavy atom. The number of amides is 2. The molecule has 2 amide bonds. The molecule has 2 aromatic carbocycles. The van der Waals surface area contributed by atoms with E-state index in [1.54, 1.807) is 56.0 Å². The summed E-state index contributed by atoms with van der Waals surface area (Å²) in [7, 11) is -7.01. The van der Waals surface area contributed by atoms with Crippen molar-refractivity contribution in [2.45, 2.75) is 57.0 Å². The molecule has 13 heteroatoms. The van der Waals surface area contributed by atoms with Gasteiger partial charge >= 0.3 is 0 Å². The van der Waals surface area contributed by atoms with Gasteiger partial charge in [-0.1, -0.05) is 37.3 Å². The van der Waals surface area contributed by atoms with Gasteiger partial charge in [0.25, 0.3) is 11.8 Å². The molecule has 2 saturated heterocycles. The number of sulfonamides is 1. The number of likely N-dealkylation sites (tertiary alicyclic amines) is 1. The highest BCUT2D eigenvalue weighted by atomic mass is 32.2. The fraction of sp³-hybridized carbons (Fsp3) is 0.464. The predicted octanol–water partition coefficient (Wildman–Crippen LogP) is 3.44. The summed E-state index contributed by atoms with van der Waals surface area (Å²) >= 11 is 1.04. The van der Waals surface area contributed by atoms with Crippen molar-refractivity contribution in [2.75, 3.05) is 24.6 Å². The quantitative estimate of drug-likeness (QED) is 0.431. The molecule has 0 unspecified atom stereocenters. The minimum absolute atomic E-state index is 0.0493. The smallest absolute Gasteiger partial charge is 0.280 e. The van der Waals surface area contributed by atoms with Crippen LogP contribution in [-0.2, 0) is 19.9 Å². The van der Waals surface area contributed by atoms with Gasteiger partial charge in [-0.25, -0.2) is 26.5 Å². The van der Waals surface area contributed by atoms with Crippen molar-refractivity contribution in [1.82, 2.24) is 19.9 Å². The average molecular weight is 619 g/mol. The molecule has 2 aliphatic rings. The van der Waals surface area contributed by atoms with Crippen molar-refractivity contribution in [3.8, 4) is 10.4 Å². The summed E-state index contributed by atoms with van der Waals surface area (Å²) in [5.41, 5.74) is 0.0282. The SMILES string of the molecule is CC1CCN(C(=O)c2nc(C(=O)NC3CS(=O)(=O)C3)sc2-c2ccc(S(=O)(=O)NC(C)(C)C)c3ccccc23)CC1. The maximum absolute atomic E-state index is 13.8. The Labute approximate surface area is 244 Å². The molecular weight excluding hydrogens is 585 g/mol. The molecule has 0 radical (unpaired) electrons. The van der Waals surface area contributed by atoms with Crippen LogP contribution in [0.4, 0.5) is 0 Å². The van der Waals surface area contributed by atoms with Crippen LogP contribution in [0.3, 0.4) is 0 Å². The first-order valence-electron chi connectivity index (χ1n) is 13.5. The second kappa shape index (κ2) is 10.8. The largest absolute Gasteiger partial charge is 0.345 e. The van der Waals surface area contributed by atoms with Crippen molar-refractivity contribution in [2.24, 2.45) is 5.92 Å². The number of hydrogen-bond acceptors (Lipinski definition) is 8. The van der Waals surface area contributed by atoms with E-state index in [4.69, 9.17) is 0 Å². The Balaban J connectivity index is 1.60. The van der Waals surface area contributed by atoms with Crippen molar-refractivity contribution < 1.29 is 26.4 Å². The first-order valence-corrected chi connectivity index (χ1v) is 17.6. The number of hydrogen-bond donors (Lipinski definition) is 2. The van der Waals surface area contributed by atoms with Crippen LogP contribution in [0.1, 0.15) is 60.8 Å². The van der Waals surface area contributed by atoms with Gasteiger partial charge in [0.15, 0.2) is 14.8 Å². The van der Waals surface area contributed by atoms with Crippen LogP contribution < -0.4 is 10.0 Å². The molecule has 5 rings (SSSR count). The number of rotatable bonds is 6. The normalized spacial score (nSPS) is 18.3. The van der Waals surface area contributed by atoms with E-state index in [1.165, 1.54) is 6.07 Å². The molecule has 0 atom stereocenters. The number of benzene rings is 2. The molecule has 0 aliphatic carbocycles. The van der Waals surface area contributed by atoms with E-state index in [1.807, 2.05) is 0 Å². The molecule has 2 N–H and O–H groups in total. The van der Waals surface area contributed by atoms with E-state index in [-0.39, 0.29) is 33.0 Å². The van der Waals surface area contributed by atoms with Gasteiger partial charge in [-0.2, -0.15) is 0 Å². The van der Waals surface area contributed by atoms with Gasteiger partial charge in [0.1, 0.15) is 5.69 Å². The average Bonchev–Trinajstić information content (AvgIpc) is 3.31. The van der Waals surface area contributed by atoms with Crippen molar-refractivity contribution >= 4 is 53.8 Å². The van der Waals surface area contributed by atoms with Gasteiger partial charge in [0, 0.05) is 29.6 Å². The van der Waals surface area contributed by atoms with Gasteiger partial charge < -0.3 is 10.2 Å². The third-order valence-corrected chi connectivity index (χ3v) is 11.9. The first kappa shape index (κ1) is 29.6. The molecule has 2 fully saturated rings. The molecule has 1 aromatic heterocycles. The minimum atomic E-state index is -3.87. The van der Waals surface area contributed by atoms with E-state index >= 15 is 0 Å². The van der Waals surface area contributed by atoms with Gasteiger partial charge in [-0.05, 0) is 51.0 Å². The number of carbonyl (C=O) groups excluding carboxylic acids is 2. The van der Waals surface area contributed by atoms with Crippen LogP contribution in [0, 0.1) is 5.92 Å². The van der Waals surface area contributed by atoms with Crippen LogP contribution >= 0.6 is 11.3 Å². The number of sulfone groups is 1. The van der Waals surface area contributed by atoms with E-state index in [9.17, 15) is 26.4 Å². The van der Waals surface area contributed by atoms with E-state index in [0.717, 1.165) is 24.2 Å². The summed E-state index contributed by atoms with van der Waals surface area (Å²) in [6.45, 7) is 8.61. The van der Waals surface area contributed by atoms with Gasteiger partial charge in [-0.15, -0.1) is 11.3 Å². The molecule has 0 saturated carbocycles. The van der Waals surface area contributed by atoms with E-state index in [0.29, 0.717) is 40.2 Å². The molecule has 2 aliphatic heterocycles. The summed E-state index contributed by atoms with van der Waals surface area (Å²) in [5, 5.41) is 3.84. The number of nitrogens with one attached hydrogen (secondary N) is 2. The summed E-state index contributed by atoms with van der Waals surface area (Å²) in [6.07, 6.45) is 1.73. The van der Waals surface area contributed by atoms with Crippen molar-refractivity contribution in [1.29, 1.82) is 0 Å². The zero-order chi connectivity index (χ0) is 29.7. The topological polar surface area (TPSA) is 143 Å². The summed E-state index contributed by atoms with van der Waals surface area (Å²) in [6, 6.07) is 9.72. The van der Waals surface area contributed by atoms with Crippen LogP contribution in [0.5, 0.6) is 0 Å².